The number of thiol groups is 1. The number of thioether (sulfide) groups is 2. The molecule has 43 heavy (non-hydrogen) atoms. The van der Waals surface area contributed by atoms with Crippen molar-refractivity contribution in [2.45, 2.75) is 39.0 Å². The molecular weight excluding hydrogens is 611 g/mol. The molecule has 242 valence electrons. The highest BCUT2D eigenvalue weighted by molar-refractivity contribution is 7.99. The molecule has 0 saturated heterocycles. The molecule has 0 heterocycles. The van der Waals surface area contributed by atoms with Gasteiger partial charge in [-0.15, -0.1) is 12.6 Å². The van der Waals surface area contributed by atoms with Gasteiger partial charge in [-0.25, -0.2) is 9.59 Å². The molecular formula is C31H47NO8S3. The first-order valence-corrected chi connectivity index (χ1v) is 16.7. The van der Waals surface area contributed by atoms with Gasteiger partial charge in [-0.1, -0.05) is 39.1 Å². The Kier molecular flexibility index (Phi) is 23.6. The molecule has 0 aliphatic carbocycles. The summed E-state index contributed by atoms with van der Waals surface area (Å²) in [5.41, 5.74) is 1.92. The first kappa shape index (κ1) is 40.6. The summed E-state index contributed by atoms with van der Waals surface area (Å²) in [7, 11) is 1.89. The second kappa shape index (κ2) is 25.0. The van der Waals surface area contributed by atoms with Crippen LogP contribution in [0.2, 0.25) is 0 Å². The number of nitrogens with one attached hydrogen (secondary N) is 1. The highest BCUT2D eigenvalue weighted by Crippen LogP contribution is 2.14. The first-order chi connectivity index (χ1) is 20.4. The molecule has 0 radical (unpaired) electrons. The third-order valence-electron chi connectivity index (χ3n) is 5.33. The van der Waals surface area contributed by atoms with Gasteiger partial charge in [0.25, 0.3) is 0 Å². The number of hydrogen-bond acceptors (Lipinski definition) is 12. The average molecular weight is 658 g/mol. The fraction of sp³-hybridized carbons (Fsp3) is 0.548. The zero-order valence-corrected chi connectivity index (χ0v) is 28.5. The molecule has 0 aromatic heterocycles. The number of rotatable bonds is 20. The van der Waals surface area contributed by atoms with Crippen molar-refractivity contribution in [1.82, 2.24) is 5.32 Å². The molecule has 12 heteroatoms. The van der Waals surface area contributed by atoms with Crippen LogP contribution in [0.4, 0.5) is 0 Å². The molecule has 0 saturated carbocycles. The van der Waals surface area contributed by atoms with Crippen molar-refractivity contribution in [1.29, 1.82) is 0 Å². The van der Waals surface area contributed by atoms with E-state index in [9.17, 15) is 19.2 Å². The van der Waals surface area contributed by atoms with E-state index in [1.807, 2.05) is 33.0 Å². The van der Waals surface area contributed by atoms with Crippen molar-refractivity contribution in [3.05, 3.63) is 54.1 Å². The topological polar surface area (TPSA) is 117 Å². The van der Waals surface area contributed by atoms with Crippen molar-refractivity contribution in [3.63, 3.8) is 0 Å². The molecule has 0 amide bonds. The number of benzene rings is 1. The normalized spacial score (nSPS) is 11.7. The van der Waals surface area contributed by atoms with Gasteiger partial charge in [0.2, 0.25) is 0 Å². The highest BCUT2D eigenvalue weighted by atomic mass is 32.2. The summed E-state index contributed by atoms with van der Waals surface area (Å²) < 4.78 is 19.8. The van der Waals surface area contributed by atoms with Gasteiger partial charge in [-0.05, 0) is 50.8 Å². The number of carbonyl (C=O) groups is 4. The molecule has 1 aromatic rings. The van der Waals surface area contributed by atoms with E-state index in [0.29, 0.717) is 16.9 Å². The summed E-state index contributed by atoms with van der Waals surface area (Å²) in [4.78, 5) is 46.6. The Balaban J connectivity index is 0.000000846. The van der Waals surface area contributed by atoms with E-state index >= 15 is 0 Å². The Morgan fingerprint density at radius 2 is 1.19 bits per heavy atom. The average Bonchev–Trinajstić information content (AvgIpc) is 2.98. The summed E-state index contributed by atoms with van der Waals surface area (Å²) in [6.07, 6.45) is 0.956. The van der Waals surface area contributed by atoms with Crippen LogP contribution in [0.25, 0.3) is 0 Å². The smallest absolute Gasteiger partial charge is 0.333 e. The molecule has 1 rings (SSSR count). The van der Waals surface area contributed by atoms with Crippen molar-refractivity contribution in [3.8, 4) is 0 Å². The highest BCUT2D eigenvalue weighted by Gasteiger charge is 2.15. The lowest BCUT2D eigenvalue weighted by Crippen LogP contribution is -2.21. The van der Waals surface area contributed by atoms with E-state index in [-0.39, 0.29) is 50.2 Å². The Labute approximate surface area is 270 Å². The third kappa shape index (κ3) is 21.9. The van der Waals surface area contributed by atoms with Gasteiger partial charge in [0.05, 0.1) is 11.8 Å². The zero-order valence-electron chi connectivity index (χ0n) is 26.0. The Hall–Kier alpha value is -2.41. The maximum Gasteiger partial charge on any atom is 0.333 e. The second-order valence-corrected chi connectivity index (χ2v) is 12.5. The first-order valence-electron chi connectivity index (χ1n) is 14.0. The van der Waals surface area contributed by atoms with Crippen molar-refractivity contribution >= 4 is 60.0 Å². The van der Waals surface area contributed by atoms with E-state index in [1.165, 1.54) is 5.56 Å². The maximum atomic E-state index is 11.8. The van der Waals surface area contributed by atoms with Crippen LogP contribution in [-0.4, -0.2) is 86.9 Å². The molecule has 0 aliphatic heterocycles. The molecule has 2 unspecified atom stereocenters. The number of carbonyl (C=O) groups excluding carboxylic acids is 4. The number of esters is 4. The van der Waals surface area contributed by atoms with Crippen LogP contribution >= 0.6 is 36.2 Å². The molecule has 2 atom stereocenters. The number of hydrogen-bond donors (Lipinski definition) is 2. The van der Waals surface area contributed by atoms with Gasteiger partial charge in [0.1, 0.15) is 26.4 Å². The van der Waals surface area contributed by atoms with Gasteiger partial charge in [-0.3, -0.25) is 9.59 Å². The van der Waals surface area contributed by atoms with Crippen LogP contribution in [0, 0.1) is 11.8 Å². The zero-order chi connectivity index (χ0) is 32.6. The standard InChI is InChI=1S/C18H24O4S2.C13H23NO4S/c1-13(2)17(19)21-9-10-22-18(20)14(3)12-24-11-8-15-4-6-16(23)7-5-15;1-10(2)12(15)17-6-7-18-13(16)11(3)9-19-8-5-14-4/h4-7,14,23H,1,8-12H2,2-3H3;11,14H,1,5-9H2,2-4H3. The fourth-order valence-electron chi connectivity index (χ4n) is 2.77. The predicted molar refractivity (Wildman–Crippen MR) is 178 cm³/mol. The summed E-state index contributed by atoms with van der Waals surface area (Å²) in [6, 6.07) is 8.08. The molecule has 0 aliphatic rings. The summed E-state index contributed by atoms with van der Waals surface area (Å²) >= 11 is 7.68. The van der Waals surface area contributed by atoms with Crippen LogP contribution in [0.15, 0.2) is 53.5 Å². The Morgan fingerprint density at radius 3 is 1.60 bits per heavy atom. The lowest BCUT2D eigenvalue weighted by Gasteiger charge is -2.11. The third-order valence-corrected chi connectivity index (χ3v) is 8.08. The molecule has 9 nitrogen and oxygen atoms in total. The minimum Gasteiger partial charge on any atom is -0.462 e. The van der Waals surface area contributed by atoms with E-state index in [4.69, 9.17) is 18.9 Å². The molecule has 1 aromatic carbocycles. The lowest BCUT2D eigenvalue weighted by atomic mass is 10.2. The predicted octanol–water partition coefficient (Wildman–Crippen LogP) is 4.79. The van der Waals surface area contributed by atoms with E-state index in [1.54, 1.807) is 37.4 Å². The van der Waals surface area contributed by atoms with E-state index in [2.05, 4.69) is 43.2 Å². The van der Waals surface area contributed by atoms with Crippen LogP contribution < -0.4 is 5.32 Å². The lowest BCUT2D eigenvalue weighted by molar-refractivity contribution is -0.152. The van der Waals surface area contributed by atoms with Crippen molar-refractivity contribution in [2.24, 2.45) is 11.8 Å². The summed E-state index contributed by atoms with van der Waals surface area (Å²) in [5.74, 6) is 1.53. The summed E-state index contributed by atoms with van der Waals surface area (Å²) in [5, 5.41) is 3.04. The molecule has 0 spiro atoms. The number of ether oxygens (including phenoxy) is 4. The van der Waals surface area contributed by atoms with E-state index < -0.39 is 11.9 Å². The minimum atomic E-state index is -0.472. The Bertz CT molecular complexity index is 1020. The van der Waals surface area contributed by atoms with Crippen LogP contribution in [0.1, 0.15) is 33.3 Å². The Morgan fingerprint density at radius 1 is 0.767 bits per heavy atom. The quantitative estimate of drug-likeness (QED) is 0.0663. The molecule has 1 N–H and O–H groups in total. The van der Waals surface area contributed by atoms with Crippen LogP contribution in [0.5, 0.6) is 0 Å². The fourth-order valence-corrected chi connectivity index (χ4v) is 4.96. The number of aryl methyl sites for hydroxylation is 1. The van der Waals surface area contributed by atoms with Gasteiger partial charge in [-0.2, -0.15) is 23.5 Å². The van der Waals surface area contributed by atoms with E-state index in [0.717, 1.165) is 35.1 Å². The monoisotopic (exact) mass is 657 g/mol. The summed E-state index contributed by atoms with van der Waals surface area (Å²) in [6.45, 7) is 14.9. The van der Waals surface area contributed by atoms with Crippen molar-refractivity contribution < 1.29 is 38.1 Å². The second-order valence-electron chi connectivity index (χ2n) is 9.64. The molecule has 0 bridgehead atoms. The maximum absolute atomic E-state index is 11.8. The van der Waals surface area contributed by atoms with Crippen LogP contribution in [-0.2, 0) is 44.5 Å². The molecule has 0 fully saturated rings. The van der Waals surface area contributed by atoms with Gasteiger partial charge < -0.3 is 24.3 Å². The SMILES string of the molecule is C=C(C)C(=O)OCCOC(=O)C(C)CSCCNC.C=C(C)C(=O)OCCOC(=O)C(C)CSCCc1ccc(S)cc1. The largest absolute Gasteiger partial charge is 0.462 e. The minimum absolute atomic E-state index is 0.0540. The van der Waals surface area contributed by atoms with Crippen LogP contribution in [0.3, 0.4) is 0 Å². The van der Waals surface area contributed by atoms with Crippen molar-refractivity contribution in [2.75, 3.05) is 63.0 Å². The van der Waals surface area contributed by atoms with Gasteiger partial charge >= 0.3 is 23.9 Å². The van der Waals surface area contributed by atoms with Gasteiger partial charge in [0, 0.05) is 39.8 Å². The van der Waals surface area contributed by atoms with Gasteiger partial charge in [0.15, 0.2) is 0 Å².